The first kappa shape index (κ1) is 9.85. The Labute approximate surface area is 85.3 Å². The molecule has 76 valence electrons. The Hall–Kier alpha value is 0.310. The first-order valence-electron chi connectivity index (χ1n) is 5.67. The zero-order valence-corrected chi connectivity index (χ0v) is 9.06. The van der Waals surface area contributed by atoms with Crippen molar-refractivity contribution in [3.8, 4) is 0 Å². The van der Waals surface area contributed by atoms with Gasteiger partial charge in [0.1, 0.15) is 0 Å². The third-order valence-electron chi connectivity index (χ3n) is 3.48. The van der Waals surface area contributed by atoms with Crippen molar-refractivity contribution >= 4 is 11.8 Å². The van der Waals surface area contributed by atoms with Gasteiger partial charge >= 0.3 is 0 Å². The van der Waals surface area contributed by atoms with E-state index in [4.69, 9.17) is 0 Å². The van der Waals surface area contributed by atoms with Gasteiger partial charge in [-0.15, -0.1) is 0 Å². The molecule has 1 aliphatic heterocycles. The van der Waals surface area contributed by atoms with Crippen molar-refractivity contribution < 1.29 is 5.11 Å². The SMILES string of the molecule is OC(C1CCCCC1)C1CCCS1. The summed E-state index contributed by atoms with van der Waals surface area (Å²) in [6, 6.07) is 0. The lowest BCUT2D eigenvalue weighted by Gasteiger charge is -2.29. The van der Waals surface area contributed by atoms with Crippen molar-refractivity contribution in [2.75, 3.05) is 5.75 Å². The van der Waals surface area contributed by atoms with E-state index in [9.17, 15) is 5.11 Å². The Balaban J connectivity index is 1.83. The molecular formula is C11H20OS. The van der Waals surface area contributed by atoms with Gasteiger partial charge in [-0.05, 0) is 37.4 Å². The third kappa shape index (κ3) is 2.41. The molecule has 2 rings (SSSR count). The van der Waals surface area contributed by atoms with Gasteiger partial charge in [0.25, 0.3) is 0 Å². The molecule has 1 saturated carbocycles. The predicted molar refractivity (Wildman–Crippen MR) is 58.1 cm³/mol. The molecule has 1 heterocycles. The van der Waals surface area contributed by atoms with Gasteiger partial charge in [-0.25, -0.2) is 0 Å². The maximum Gasteiger partial charge on any atom is 0.0686 e. The van der Waals surface area contributed by atoms with Crippen molar-refractivity contribution in [1.29, 1.82) is 0 Å². The van der Waals surface area contributed by atoms with Crippen molar-refractivity contribution in [3.63, 3.8) is 0 Å². The number of rotatable bonds is 2. The highest BCUT2D eigenvalue weighted by Gasteiger charge is 2.30. The highest BCUT2D eigenvalue weighted by atomic mass is 32.2. The van der Waals surface area contributed by atoms with Crippen LogP contribution in [0.5, 0.6) is 0 Å². The largest absolute Gasteiger partial charge is 0.392 e. The Morgan fingerprint density at radius 2 is 1.77 bits per heavy atom. The Kier molecular flexibility index (Phi) is 3.56. The van der Waals surface area contributed by atoms with Crippen LogP contribution in [0.25, 0.3) is 0 Å². The van der Waals surface area contributed by atoms with E-state index in [-0.39, 0.29) is 6.10 Å². The van der Waals surface area contributed by atoms with E-state index in [1.54, 1.807) is 0 Å². The van der Waals surface area contributed by atoms with E-state index >= 15 is 0 Å². The number of hydrogen-bond donors (Lipinski definition) is 1. The summed E-state index contributed by atoms with van der Waals surface area (Å²) in [5.74, 6) is 1.90. The minimum absolute atomic E-state index is 0.00722. The van der Waals surface area contributed by atoms with Crippen molar-refractivity contribution in [3.05, 3.63) is 0 Å². The molecule has 0 aromatic heterocycles. The van der Waals surface area contributed by atoms with Crippen LogP contribution in [0.3, 0.4) is 0 Å². The van der Waals surface area contributed by atoms with Crippen LogP contribution < -0.4 is 0 Å². The number of thioether (sulfide) groups is 1. The smallest absolute Gasteiger partial charge is 0.0686 e. The molecule has 1 saturated heterocycles. The minimum Gasteiger partial charge on any atom is -0.392 e. The summed E-state index contributed by atoms with van der Waals surface area (Å²) in [4.78, 5) is 0. The second-order valence-electron chi connectivity index (χ2n) is 4.44. The van der Waals surface area contributed by atoms with Gasteiger partial charge < -0.3 is 5.11 Å². The molecule has 2 unspecified atom stereocenters. The Morgan fingerprint density at radius 3 is 2.38 bits per heavy atom. The van der Waals surface area contributed by atoms with Crippen molar-refractivity contribution in [2.24, 2.45) is 5.92 Å². The quantitative estimate of drug-likeness (QED) is 0.739. The van der Waals surface area contributed by atoms with Crippen LogP contribution in [-0.2, 0) is 0 Å². The van der Waals surface area contributed by atoms with Crippen molar-refractivity contribution in [2.45, 2.75) is 56.3 Å². The maximum atomic E-state index is 10.2. The molecule has 0 bridgehead atoms. The van der Waals surface area contributed by atoms with Crippen LogP contribution in [0, 0.1) is 5.92 Å². The minimum atomic E-state index is 0.00722. The predicted octanol–water partition coefficient (Wildman–Crippen LogP) is 2.82. The van der Waals surface area contributed by atoms with Gasteiger partial charge in [0.15, 0.2) is 0 Å². The Morgan fingerprint density at radius 1 is 1.00 bits per heavy atom. The fraction of sp³-hybridized carbons (Fsp3) is 1.00. The first-order chi connectivity index (χ1) is 6.38. The molecule has 0 aromatic rings. The second-order valence-corrected chi connectivity index (χ2v) is 5.79. The topological polar surface area (TPSA) is 20.2 Å². The molecule has 1 nitrogen and oxygen atoms in total. The van der Waals surface area contributed by atoms with Crippen LogP contribution in [-0.4, -0.2) is 22.2 Å². The zero-order valence-electron chi connectivity index (χ0n) is 8.24. The van der Waals surface area contributed by atoms with E-state index in [2.05, 4.69) is 0 Å². The second kappa shape index (κ2) is 4.70. The number of aliphatic hydroxyl groups excluding tert-OH is 1. The van der Waals surface area contributed by atoms with Crippen LogP contribution >= 0.6 is 11.8 Å². The summed E-state index contributed by atoms with van der Waals surface area (Å²) >= 11 is 1.99. The molecule has 2 fully saturated rings. The van der Waals surface area contributed by atoms with Gasteiger partial charge in [-0.3, -0.25) is 0 Å². The third-order valence-corrected chi connectivity index (χ3v) is 4.95. The van der Waals surface area contributed by atoms with E-state index in [0.717, 1.165) is 0 Å². The average Bonchev–Trinajstić information content (AvgIpc) is 2.71. The highest BCUT2D eigenvalue weighted by Crippen LogP contribution is 2.36. The van der Waals surface area contributed by atoms with Gasteiger partial charge in [0, 0.05) is 5.25 Å². The van der Waals surface area contributed by atoms with Gasteiger partial charge in [0.05, 0.1) is 6.10 Å². The highest BCUT2D eigenvalue weighted by molar-refractivity contribution is 8.00. The molecule has 2 aliphatic rings. The molecule has 1 N–H and O–H groups in total. The van der Waals surface area contributed by atoms with Crippen LogP contribution in [0.15, 0.2) is 0 Å². The van der Waals surface area contributed by atoms with Crippen molar-refractivity contribution in [1.82, 2.24) is 0 Å². The zero-order chi connectivity index (χ0) is 9.10. The van der Waals surface area contributed by atoms with Gasteiger partial charge in [-0.2, -0.15) is 11.8 Å². The lowest BCUT2D eigenvalue weighted by molar-refractivity contribution is 0.0820. The maximum absolute atomic E-state index is 10.2. The van der Waals surface area contributed by atoms with Crippen LogP contribution in [0.4, 0.5) is 0 Å². The standard InChI is InChI=1S/C11H20OS/c12-11(10-7-4-8-13-10)9-5-2-1-3-6-9/h9-12H,1-8H2. The summed E-state index contributed by atoms with van der Waals surface area (Å²) in [6.07, 6.45) is 9.21. The summed E-state index contributed by atoms with van der Waals surface area (Å²) in [7, 11) is 0. The molecule has 0 aromatic carbocycles. The molecular weight excluding hydrogens is 180 g/mol. The molecule has 1 aliphatic carbocycles. The summed E-state index contributed by atoms with van der Waals surface area (Å²) in [5.41, 5.74) is 0. The summed E-state index contributed by atoms with van der Waals surface area (Å²) in [6.45, 7) is 0. The van der Waals surface area contributed by atoms with E-state index in [1.165, 1.54) is 50.7 Å². The summed E-state index contributed by atoms with van der Waals surface area (Å²) in [5, 5.41) is 10.7. The molecule has 2 heteroatoms. The average molecular weight is 200 g/mol. The summed E-state index contributed by atoms with van der Waals surface area (Å²) < 4.78 is 0. The van der Waals surface area contributed by atoms with Gasteiger partial charge in [0.2, 0.25) is 0 Å². The van der Waals surface area contributed by atoms with Crippen LogP contribution in [0.1, 0.15) is 44.9 Å². The fourth-order valence-corrected chi connectivity index (χ4v) is 4.04. The number of aliphatic hydroxyl groups is 1. The van der Waals surface area contributed by atoms with Gasteiger partial charge in [-0.1, -0.05) is 19.3 Å². The first-order valence-corrected chi connectivity index (χ1v) is 6.72. The fourth-order valence-electron chi connectivity index (χ4n) is 2.65. The molecule has 0 amide bonds. The normalized spacial score (nSPS) is 33.5. The van der Waals surface area contributed by atoms with E-state index in [0.29, 0.717) is 11.2 Å². The molecule has 0 spiro atoms. The number of hydrogen-bond acceptors (Lipinski definition) is 2. The van der Waals surface area contributed by atoms with E-state index in [1.807, 2.05) is 11.8 Å². The van der Waals surface area contributed by atoms with E-state index < -0.39 is 0 Å². The lowest BCUT2D eigenvalue weighted by atomic mass is 9.83. The lowest BCUT2D eigenvalue weighted by Crippen LogP contribution is -2.31. The molecule has 0 radical (unpaired) electrons. The monoisotopic (exact) mass is 200 g/mol. The van der Waals surface area contributed by atoms with Crippen LogP contribution in [0.2, 0.25) is 0 Å². The molecule has 2 atom stereocenters. The molecule has 13 heavy (non-hydrogen) atoms. The Bertz CT molecular complexity index is 148.